The van der Waals surface area contributed by atoms with Crippen molar-refractivity contribution in [2.24, 2.45) is 5.73 Å². The fourth-order valence-electron chi connectivity index (χ4n) is 3.39. The molecule has 3 heteroatoms. The molecule has 2 aromatic carbocycles. The van der Waals surface area contributed by atoms with E-state index in [9.17, 15) is 0 Å². The molecule has 2 atom stereocenters. The van der Waals surface area contributed by atoms with Crippen molar-refractivity contribution in [3.8, 4) is 0 Å². The molecule has 1 fully saturated rings. The second-order valence-corrected chi connectivity index (χ2v) is 6.45. The van der Waals surface area contributed by atoms with Crippen LogP contribution in [0.3, 0.4) is 0 Å². The SMILES string of the molecule is NC1[C@H](NCc2ccccc2)CCC[C@H]1NCc1ccccc1. The molecule has 2 aromatic rings. The Morgan fingerprint density at radius 2 is 1.17 bits per heavy atom. The van der Waals surface area contributed by atoms with Crippen LogP contribution in [0.25, 0.3) is 0 Å². The molecule has 1 saturated carbocycles. The maximum absolute atomic E-state index is 6.53. The molecular weight excluding hydrogens is 282 g/mol. The zero-order valence-electron chi connectivity index (χ0n) is 13.6. The van der Waals surface area contributed by atoms with Gasteiger partial charge in [0.1, 0.15) is 0 Å². The lowest BCUT2D eigenvalue weighted by molar-refractivity contribution is 0.258. The standard InChI is InChI=1S/C20H27N3/c21-20-18(22-14-16-8-3-1-4-9-16)12-7-13-19(20)23-15-17-10-5-2-6-11-17/h1-6,8-11,18-20,22-23H,7,12-15,21H2/t18-,19-/m1/s1. The quantitative estimate of drug-likeness (QED) is 0.769. The summed E-state index contributed by atoms with van der Waals surface area (Å²) in [6.07, 6.45) is 3.56. The average Bonchev–Trinajstić information content (AvgIpc) is 2.61. The minimum atomic E-state index is 0.163. The van der Waals surface area contributed by atoms with E-state index in [0.717, 1.165) is 25.9 Å². The molecule has 0 radical (unpaired) electrons. The number of hydrogen-bond acceptors (Lipinski definition) is 3. The summed E-state index contributed by atoms with van der Waals surface area (Å²) in [5.74, 6) is 0. The molecule has 0 bridgehead atoms. The molecule has 0 spiro atoms. The van der Waals surface area contributed by atoms with Crippen molar-refractivity contribution < 1.29 is 0 Å². The normalized spacial score (nSPS) is 22.1. The largest absolute Gasteiger partial charge is 0.325 e. The highest BCUT2D eigenvalue weighted by Gasteiger charge is 2.29. The van der Waals surface area contributed by atoms with Crippen LogP contribution in [0.1, 0.15) is 30.4 Å². The van der Waals surface area contributed by atoms with Crippen LogP contribution in [0, 0.1) is 0 Å². The van der Waals surface area contributed by atoms with E-state index in [2.05, 4.69) is 71.3 Å². The van der Waals surface area contributed by atoms with Crippen LogP contribution in [0.4, 0.5) is 0 Å². The maximum Gasteiger partial charge on any atom is 0.0350 e. The second kappa shape index (κ2) is 8.25. The van der Waals surface area contributed by atoms with Crippen LogP contribution in [0.2, 0.25) is 0 Å². The van der Waals surface area contributed by atoms with Gasteiger partial charge in [-0.25, -0.2) is 0 Å². The number of nitrogens with one attached hydrogen (secondary N) is 2. The van der Waals surface area contributed by atoms with Gasteiger partial charge in [-0.3, -0.25) is 0 Å². The van der Waals surface area contributed by atoms with Crippen molar-refractivity contribution in [3.05, 3.63) is 71.8 Å². The van der Waals surface area contributed by atoms with Gasteiger partial charge in [-0.15, -0.1) is 0 Å². The summed E-state index contributed by atoms with van der Waals surface area (Å²) in [6.45, 7) is 1.79. The lowest BCUT2D eigenvalue weighted by atomic mass is 9.86. The first kappa shape index (κ1) is 16.2. The highest BCUT2D eigenvalue weighted by Crippen LogP contribution is 2.19. The highest BCUT2D eigenvalue weighted by molar-refractivity contribution is 5.15. The lowest BCUT2D eigenvalue weighted by Gasteiger charge is -2.37. The van der Waals surface area contributed by atoms with Crippen LogP contribution in [0.15, 0.2) is 60.7 Å². The van der Waals surface area contributed by atoms with Crippen molar-refractivity contribution in [2.75, 3.05) is 0 Å². The van der Waals surface area contributed by atoms with Gasteiger partial charge in [-0.05, 0) is 24.0 Å². The summed E-state index contributed by atoms with van der Waals surface area (Å²) in [5.41, 5.74) is 9.16. The Morgan fingerprint density at radius 1 is 0.739 bits per heavy atom. The number of benzene rings is 2. The van der Waals surface area contributed by atoms with Gasteiger partial charge in [0.05, 0.1) is 0 Å². The maximum atomic E-state index is 6.53. The Morgan fingerprint density at radius 3 is 1.61 bits per heavy atom. The zero-order valence-corrected chi connectivity index (χ0v) is 13.6. The summed E-state index contributed by atoms with van der Waals surface area (Å²) in [4.78, 5) is 0. The predicted molar refractivity (Wildman–Crippen MR) is 96.0 cm³/mol. The van der Waals surface area contributed by atoms with Gasteiger partial charge < -0.3 is 16.4 Å². The predicted octanol–water partition coefficient (Wildman–Crippen LogP) is 2.81. The molecule has 122 valence electrons. The molecule has 1 aliphatic carbocycles. The third kappa shape index (κ3) is 4.64. The van der Waals surface area contributed by atoms with Gasteiger partial charge >= 0.3 is 0 Å². The smallest absolute Gasteiger partial charge is 0.0350 e. The molecular formula is C20H27N3. The van der Waals surface area contributed by atoms with Crippen LogP contribution in [-0.2, 0) is 13.1 Å². The van der Waals surface area contributed by atoms with E-state index in [1.54, 1.807) is 0 Å². The molecule has 1 aliphatic rings. The molecule has 0 aliphatic heterocycles. The molecule has 3 nitrogen and oxygen atoms in total. The van der Waals surface area contributed by atoms with Crippen LogP contribution in [-0.4, -0.2) is 18.1 Å². The summed E-state index contributed by atoms with van der Waals surface area (Å²) in [7, 11) is 0. The monoisotopic (exact) mass is 309 g/mol. The number of hydrogen-bond donors (Lipinski definition) is 3. The Balaban J connectivity index is 1.50. The molecule has 23 heavy (non-hydrogen) atoms. The van der Waals surface area contributed by atoms with E-state index >= 15 is 0 Å². The summed E-state index contributed by atoms with van der Waals surface area (Å²) < 4.78 is 0. The lowest BCUT2D eigenvalue weighted by Crippen LogP contribution is -2.58. The molecule has 0 saturated heterocycles. The van der Waals surface area contributed by atoms with Crippen molar-refractivity contribution in [3.63, 3.8) is 0 Å². The molecule has 0 heterocycles. The fraction of sp³-hybridized carbons (Fsp3) is 0.400. The number of nitrogens with two attached hydrogens (primary N) is 1. The first-order valence-electron chi connectivity index (χ1n) is 8.63. The number of rotatable bonds is 6. The Bertz CT molecular complexity index is 518. The first-order chi connectivity index (χ1) is 11.3. The van der Waals surface area contributed by atoms with E-state index < -0.39 is 0 Å². The Hall–Kier alpha value is -1.68. The van der Waals surface area contributed by atoms with Crippen LogP contribution < -0.4 is 16.4 Å². The second-order valence-electron chi connectivity index (χ2n) is 6.45. The summed E-state index contributed by atoms with van der Waals surface area (Å²) in [6, 6.07) is 22.0. The summed E-state index contributed by atoms with van der Waals surface area (Å²) >= 11 is 0. The molecule has 0 unspecified atom stereocenters. The average molecular weight is 309 g/mol. The third-order valence-electron chi connectivity index (χ3n) is 4.78. The van der Waals surface area contributed by atoms with E-state index in [1.165, 1.54) is 17.5 Å². The third-order valence-corrected chi connectivity index (χ3v) is 4.78. The molecule has 3 rings (SSSR count). The van der Waals surface area contributed by atoms with Gasteiger partial charge in [0.25, 0.3) is 0 Å². The van der Waals surface area contributed by atoms with Crippen molar-refractivity contribution >= 4 is 0 Å². The Labute approximate surface area is 139 Å². The van der Waals surface area contributed by atoms with Crippen LogP contribution in [0.5, 0.6) is 0 Å². The van der Waals surface area contributed by atoms with Gasteiger partial charge in [0.2, 0.25) is 0 Å². The van der Waals surface area contributed by atoms with E-state index in [0.29, 0.717) is 12.1 Å². The van der Waals surface area contributed by atoms with Crippen LogP contribution >= 0.6 is 0 Å². The van der Waals surface area contributed by atoms with Crippen molar-refractivity contribution in [1.29, 1.82) is 0 Å². The van der Waals surface area contributed by atoms with E-state index in [4.69, 9.17) is 5.73 Å². The van der Waals surface area contributed by atoms with Gasteiger partial charge in [0.15, 0.2) is 0 Å². The summed E-state index contributed by atoms with van der Waals surface area (Å²) in [5, 5.41) is 7.30. The first-order valence-corrected chi connectivity index (χ1v) is 8.63. The molecule has 4 N–H and O–H groups in total. The molecule has 0 amide bonds. The zero-order chi connectivity index (χ0) is 15.9. The van der Waals surface area contributed by atoms with Gasteiger partial charge in [-0.2, -0.15) is 0 Å². The minimum absolute atomic E-state index is 0.163. The minimum Gasteiger partial charge on any atom is -0.325 e. The van der Waals surface area contributed by atoms with E-state index in [-0.39, 0.29) is 6.04 Å². The highest BCUT2D eigenvalue weighted by atomic mass is 15.0. The van der Waals surface area contributed by atoms with Gasteiger partial charge in [0, 0.05) is 31.2 Å². The Kier molecular flexibility index (Phi) is 5.81. The van der Waals surface area contributed by atoms with Crippen molar-refractivity contribution in [2.45, 2.75) is 50.5 Å². The topological polar surface area (TPSA) is 50.1 Å². The van der Waals surface area contributed by atoms with E-state index in [1.807, 2.05) is 0 Å². The molecule has 0 aromatic heterocycles. The fourth-order valence-corrected chi connectivity index (χ4v) is 3.39. The van der Waals surface area contributed by atoms with Gasteiger partial charge in [-0.1, -0.05) is 67.1 Å². The van der Waals surface area contributed by atoms with Crippen molar-refractivity contribution in [1.82, 2.24) is 10.6 Å².